The van der Waals surface area contributed by atoms with Crippen LogP contribution in [0.1, 0.15) is 5.56 Å². The molecule has 0 spiro atoms. The van der Waals surface area contributed by atoms with Crippen LogP contribution in [0.15, 0.2) is 47.0 Å². The summed E-state index contributed by atoms with van der Waals surface area (Å²) in [6.45, 7) is 0. The molecular formula is C17H13F3N2O3. The van der Waals surface area contributed by atoms with Gasteiger partial charge in [0.05, 0.1) is 19.8 Å². The Hall–Kier alpha value is -3.03. The van der Waals surface area contributed by atoms with E-state index in [1.807, 2.05) is 0 Å². The lowest BCUT2D eigenvalue weighted by molar-refractivity contribution is -0.137. The Kier molecular flexibility index (Phi) is 4.35. The van der Waals surface area contributed by atoms with E-state index in [9.17, 15) is 13.2 Å². The first kappa shape index (κ1) is 16.8. The summed E-state index contributed by atoms with van der Waals surface area (Å²) in [6, 6.07) is 9.62. The summed E-state index contributed by atoms with van der Waals surface area (Å²) < 4.78 is 53.4. The quantitative estimate of drug-likeness (QED) is 0.696. The standard InChI is InChI=1S/C17H13F3N2O3/c1-23-13-8-5-11(9-14(13)24-2)16-21-15(22-25-16)10-3-6-12(7-4-10)17(18,19)20/h3-9H,1-2H3. The van der Waals surface area contributed by atoms with Crippen LogP contribution < -0.4 is 9.47 Å². The van der Waals surface area contributed by atoms with Crippen molar-refractivity contribution in [3.05, 3.63) is 48.0 Å². The smallest absolute Gasteiger partial charge is 0.416 e. The van der Waals surface area contributed by atoms with Crippen molar-refractivity contribution in [2.75, 3.05) is 14.2 Å². The van der Waals surface area contributed by atoms with Gasteiger partial charge in [-0.2, -0.15) is 18.2 Å². The number of hydrogen-bond donors (Lipinski definition) is 0. The molecule has 0 aliphatic rings. The van der Waals surface area contributed by atoms with Crippen molar-refractivity contribution in [2.24, 2.45) is 0 Å². The lowest BCUT2D eigenvalue weighted by Gasteiger charge is -2.07. The summed E-state index contributed by atoms with van der Waals surface area (Å²) in [5.74, 6) is 1.46. The summed E-state index contributed by atoms with van der Waals surface area (Å²) in [7, 11) is 3.02. The molecule has 130 valence electrons. The highest BCUT2D eigenvalue weighted by Gasteiger charge is 2.30. The van der Waals surface area contributed by atoms with E-state index in [4.69, 9.17) is 14.0 Å². The van der Waals surface area contributed by atoms with Crippen molar-refractivity contribution in [3.63, 3.8) is 0 Å². The minimum Gasteiger partial charge on any atom is -0.493 e. The lowest BCUT2D eigenvalue weighted by atomic mass is 10.1. The number of methoxy groups -OCH3 is 2. The van der Waals surface area contributed by atoms with Crippen molar-refractivity contribution in [1.82, 2.24) is 10.1 Å². The van der Waals surface area contributed by atoms with E-state index in [0.717, 1.165) is 12.1 Å². The maximum Gasteiger partial charge on any atom is 0.416 e. The molecule has 5 nitrogen and oxygen atoms in total. The minimum absolute atomic E-state index is 0.193. The van der Waals surface area contributed by atoms with Gasteiger partial charge in [0.2, 0.25) is 5.82 Å². The Bertz CT molecular complexity index is 874. The molecule has 0 saturated heterocycles. The van der Waals surface area contributed by atoms with Crippen LogP contribution in [0.25, 0.3) is 22.8 Å². The minimum atomic E-state index is -4.39. The van der Waals surface area contributed by atoms with Gasteiger partial charge in [-0.25, -0.2) is 0 Å². The van der Waals surface area contributed by atoms with Gasteiger partial charge in [0, 0.05) is 11.1 Å². The molecule has 0 fully saturated rings. The van der Waals surface area contributed by atoms with E-state index in [2.05, 4.69) is 10.1 Å². The van der Waals surface area contributed by atoms with Crippen LogP contribution in [0.4, 0.5) is 13.2 Å². The van der Waals surface area contributed by atoms with Gasteiger partial charge in [-0.05, 0) is 30.3 Å². The molecule has 0 amide bonds. The number of ether oxygens (including phenoxy) is 2. The molecule has 0 bridgehead atoms. The van der Waals surface area contributed by atoms with Crippen LogP contribution in [-0.4, -0.2) is 24.4 Å². The molecule has 0 unspecified atom stereocenters. The molecule has 8 heteroatoms. The van der Waals surface area contributed by atoms with Gasteiger partial charge in [-0.15, -0.1) is 0 Å². The number of rotatable bonds is 4. The third kappa shape index (κ3) is 3.42. The van der Waals surface area contributed by atoms with Gasteiger partial charge in [-0.3, -0.25) is 0 Å². The maximum atomic E-state index is 12.6. The lowest BCUT2D eigenvalue weighted by Crippen LogP contribution is -2.04. The molecular weight excluding hydrogens is 337 g/mol. The Morgan fingerprint density at radius 3 is 2.12 bits per heavy atom. The number of hydrogen-bond acceptors (Lipinski definition) is 5. The highest BCUT2D eigenvalue weighted by atomic mass is 19.4. The fourth-order valence-corrected chi connectivity index (χ4v) is 2.24. The molecule has 3 rings (SSSR count). The van der Waals surface area contributed by atoms with Gasteiger partial charge in [0.1, 0.15) is 0 Å². The highest BCUT2D eigenvalue weighted by molar-refractivity contribution is 5.63. The molecule has 1 aromatic heterocycles. The van der Waals surface area contributed by atoms with E-state index in [1.54, 1.807) is 18.2 Å². The second kappa shape index (κ2) is 6.46. The number of nitrogens with zero attached hydrogens (tertiary/aromatic N) is 2. The molecule has 0 aliphatic heterocycles. The summed E-state index contributed by atoms with van der Waals surface area (Å²) in [5, 5.41) is 3.81. The summed E-state index contributed by atoms with van der Waals surface area (Å²) in [6.07, 6.45) is -4.39. The first-order valence-corrected chi connectivity index (χ1v) is 7.16. The zero-order chi connectivity index (χ0) is 18.0. The van der Waals surface area contributed by atoms with E-state index in [0.29, 0.717) is 22.6 Å². The van der Waals surface area contributed by atoms with Crippen molar-refractivity contribution < 1.29 is 27.2 Å². The van der Waals surface area contributed by atoms with Crippen molar-refractivity contribution in [3.8, 4) is 34.3 Å². The molecule has 0 saturated carbocycles. The van der Waals surface area contributed by atoms with Crippen molar-refractivity contribution >= 4 is 0 Å². The predicted octanol–water partition coefficient (Wildman–Crippen LogP) is 4.44. The van der Waals surface area contributed by atoms with E-state index in [1.165, 1.54) is 26.4 Å². The zero-order valence-corrected chi connectivity index (χ0v) is 13.3. The topological polar surface area (TPSA) is 57.4 Å². The third-order valence-corrected chi connectivity index (χ3v) is 3.53. The van der Waals surface area contributed by atoms with Gasteiger partial charge in [0.25, 0.3) is 5.89 Å². The fraction of sp³-hybridized carbons (Fsp3) is 0.176. The number of alkyl halides is 3. The van der Waals surface area contributed by atoms with Gasteiger partial charge >= 0.3 is 6.18 Å². The molecule has 0 N–H and O–H groups in total. The largest absolute Gasteiger partial charge is 0.493 e. The predicted molar refractivity (Wildman–Crippen MR) is 83.3 cm³/mol. The van der Waals surface area contributed by atoms with Gasteiger partial charge in [-0.1, -0.05) is 17.3 Å². The van der Waals surface area contributed by atoms with E-state index >= 15 is 0 Å². The molecule has 0 radical (unpaired) electrons. The monoisotopic (exact) mass is 350 g/mol. The molecule has 2 aromatic carbocycles. The molecule has 0 atom stereocenters. The molecule has 1 heterocycles. The molecule has 3 aromatic rings. The highest BCUT2D eigenvalue weighted by Crippen LogP contribution is 2.33. The third-order valence-electron chi connectivity index (χ3n) is 3.53. The summed E-state index contributed by atoms with van der Waals surface area (Å²) >= 11 is 0. The maximum absolute atomic E-state index is 12.6. The fourth-order valence-electron chi connectivity index (χ4n) is 2.24. The van der Waals surface area contributed by atoms with Crippen LogP contribution in [0.3, 0.4) is 0 Å². The van der Waals surface area contributed by atoms with Crippen LogP contribution in [0.2, 0.25) is 0 Å². The van der Waals surface area contributed by atoms with Crippen molar-refractivity contribution in [2.45, 2.75) is 6.18 Å². The van der Waals surface area contributed by atoms with Gasteiger partial charge in [0.15, 0.2) is 11.5 Å². The average molecular weight is 350 g/mol. The number of aromatic nitrogens is 2. The molecule has 0 aliphatic carbocycles. The first-order valence-electron chi connectivity index (χ1n) is 7.16. The number of benzene rings is 2. The van der Waals surface area contributed by atoms with Crippen LogP contribution in [-0.2, 0) is 6.18 Å². The Morgan fingerprint density at radius 2 is 1.52 bits per heavy atom. The summed E-state index contributed by atoms with van der Waals surface area (Å²) in [4.78, 5) is 4.22. The van der Waals surface area contributed by atoms with Crippen LogP contribution in [0, 0.1) is 0 Å². The van der Waals surface area contributed by atoms with E-state index < -0.39 is 11.7 Å². The average Bonchev–Trinajstić information content (AvgIpc) is 3.10. The van der Waals surface area contributed by atoms with E-state index in [-0.39, 0.29) is 11.7 Å². The zero-order valence-electron chi connectivity index (χ0n) is 13.3. The number of halogens is 3. The second-order valence-corrected chi connectivity index (χ2v) is 5.07. The Morgan fingerprint density at radius 1 is 0.880 bits per heavy atom. The second-order valence-electron chi connectivity index (χ2n) is 5.07. The Balaban J connectivity index is 1.90. The van der Waals surface area contributed by atoms with Gasteiger partial charge < -0.3 is 14.0 Å². The summed E-state index contributed by atoms with van der Waals surface area (Å²) in [5.41, 5.74) is 0.284. The van der Waals surface area contributed by atoms with Crippen molar-refractivity contribution in [1.29, 1.82) is 0 Å². The first-order chi connectivity index (χ1) is 11.9. The van der Waals surface area contributed by atoms with Crippen LogP contribution >= 0.6 is 0 Å². The normalized spacial score (nSPS) is 11.4. The Labute approximate surface area is 141 Å². The SMILES string of the molecule is COc1ccc(-c2nc(-c3ccc(C(F)(F)F)cc3)no2)cc1OC. The van der Waals surface area contributed by atoms with Crippen LogP contribution in [0.5, 0.6) is 11.5 Å². The molecule has 25 heavy (non-hydrogen) atoms.